The predicted molar refractivity (Wildman–Crippen MR) is 78.8 cm³/mol. The van der Waals surface area contributed by atoms with E-state index in [-0.39, 0.29) is 5.84 Å². The average molecular weight is 261 g/mol. The van der Waals surface area contributed by atoms with E-state index in [1.54, 1.807) is 6.20 Å². The molecule has 1 aliphatic heterocycles. The third kappa shape index (κ3) is 3.04. The molecule has 1 aromatic heterocycles. The molecule has 0 bridgehead atoms. The number of nitrogens with one attached hydrogen (secondary N) is 1. The van der Waals surface area contributed by atoms with Crippen molar-refractivity contribution in [1.29, 1.82) is 5.41 Å². The summed E-state index contributed by atoms with van der Waals surface area (Å²) in [6, 6.07) is 4.17. The summed E-state index contributed by atoms with van der Waals surface area (Å²) >= 11 is 0. The number of hydrogen-bond donors (Lipinski definition) is 2. The second-order valence-electron chi connectivity index (χ2n) is 5.06. The van der Waals surface area contributed by atoms with Gasteiger partial charge >= 0.3 is 0 Å². The molecule has 2 heterocycles. The van der Waals surface area contributed by atoms with Crippen LogP contribution in [0.2, 0.25) is 0 Å². The molecule has 1 aliphatic rings. The Kier molecular flexibility index (Phi) is 4.37. The Labute approximate surface area is 114 Å². The summed E-state index contributed by atoms with van der Waals surface area (Å²) in [6.07, 6.45) is 4.04. The zero-order chi connectivity index (χ0) is 13.8. The summed E-state index contributed by atoms with van der Waals surface area (Å²) < 4.78 is 0. The molecular weight excluding hydrogens is 238 g/mol. The van der Waals surface area contributed by atoms with Gasteiger partial charge in [-0.1, -0.05) is 6.92 Å². The first-order valence-corrected chi connectivity index (χ1v) is 6.88. The van der Waals surface area contributed by atoms with Gasteiger partial charge in [0.1, 0.15) is 11.7 Å². The number of nitrogens with two attached hydrogens (primary N) is 1. The van der Waals surface area contributed by atoms with Crippen molar-refractivity contribution < 1.29 is 0 Å². The molecule has 0 aliphatic carbocycles. The molecule has 19 heavy (non-hydrogen) atoms. The monoisotopic (exact) mass is 261 g/mol. The number of hydrogen-bond acceptors (Lipinski definition) is 4. The van der Waals surface area contributed by atoms with Crippen LogP contribution in [0.25, 0.3) is 0 Å². The van der Waals surface area contributed by atoms with E-state index < -0.39 is 0 Å². The average Bonchev–Trinajstić information content (AvgIpc) is 2.46. The van der Waals surface area contributed by atoms with Crippen LogP contribution in [0.3, 0.4) is 0 Å². The van der Waals surface area contributed by atoms with Crippen molar-refractivity contribution in [3.05, 3.63) is 23.9 Å². The Hall–Kier alpha value is -1.62. The van der Waals surface area contributed by atoms with Crippen LogP contribution >= 0.6 is 0 Å². The molecular formula is C14H23N5. The summed E-state index contributed by atoms with van der Waals surface area (Å²) in [5.74, 6) is 0.908. The Morgan fingerprint density at radius 2 is 2.21 bits per heavy atom. The van der Waals surface area contributed by atoms with Gasteiger partial charge in [-0.2, -0.15) is 0 Å². The van der Waals surface area contributed by atoms with Crippen LogP contribution in [0, 0.1) is 5.41 Å². The fourth-order valence-electron chi connectivity index (χ4n) is 2.68. The molecule has 104 valence electrons. The Morgan fingerprint density at radius 3 is 2.79 bits per heavy atom. The molecule has 0 saturated carbocycles. The Bertz CT molecular complexity index is 437. The maximum absolute atomic E-state index is 7.65. The van der Waals surface area contributed by atoms with Crippen molar-refractivity contribution in [2.45, 2.75) is 25.8 Å². The van der Waals surface area contributed by atoms with Gasteiger partial charge in [-0.15, -0.1) is 0 Å². The topological polar surface area (TPSA) is 69.2 Å². The number of nitrogen functional groups attached to an aromatic ring is 1. The quantitative estimate of drug-likeness (QED) is 0.633. The zero-order valence-electron chi connectivity index (χ0n) is 11.8. The molecule has 0 atom stereocenters. The highest BCUT2D eigenvalue weighted by molar-refractivity contribution is 5.99. The highest BCUT2D eigenvalue weighted by Crippen LogP contribution is 2.23. The lowest BCUT2D eigenvalue weighted by atomic mass is 10.0. The SMILES string of the molecule is CCN1CCC(N(C)c2ncccc2C(=N)N)CC1. The van der Waals surface area contributed by atoms with E-state index in [1.165, 1.54) is 0 Å². The van der Waals surface area contributed by atoms with Gasteiger partial charge in [-0.3, -0.25) is 5.41 Å². The van der Waals surface area contributed by atoms with Gasteiger partial charge in [0.25, 0.3) is 0 Å². The summed E-state index contributed by atoms with van der Waals surface area (Å²) in [6.45, 7) is 5.59. The molecule has 1 aromatic rings. The number of aromatic nitrogens is 1. The van der Waals surface area contributed by atoms with Crippen LogP contribution in [0.15, 0.2) is 18.3 Å². The fourth-order valence-corrected chi connectivity index (χ4v) is 2.68. The summed E-state index contributed by atoms with van der Waals surface area (Å²) in [5.41, 5.74) is 6.36. The second-order valence-corrected chi connectivity index (χ2v) is 5.06. The third-order valence-electron chi connectivity index (χ3n) is 3.96. The first-order valence-electron chi connectivity index (χ1n) is 6.88. The van der Waals surface area contributed by atoms with E-state index >= 15 is 0 Å². The van der Waals surface area contributed by atoms with Crippen molar-refractivity contribution in [1.82, 2.24) is 9.88 Å². The lowest BCUT2D eigenvalue weighted by Crippen LogP contribution is -2.44. The van der Waals surface area contributed by atoms with Crippen LogP contribution in [0.1, 0.15) is 25.3 Å². The highest BCUT2D eigenvalue weighted by Gasteiger charge is 2.24. The smallest absolute Gasteiger partial charge is 0.139 e. The van der Waals surface area contributed by atoms with Crippen LogP contribution in [0.5, 0.6) is 0 Å². The van der Waals surface area contributed by atoms with Crippen molar-refractivity contribution in [2.24, 2.45) is 5.73 Å². The van der Waals surface area contributed by atoms with Crippen molar-refractivity contribution >= 4 is 11.7 Å². The standard InChI is InChI=1S/C14H23N5/c1-3-19-9-6-11(7-10-19)18(2)14-12(13(15)16)5-4-8-17-14/h4-5,8,11H,3,6-7,9-10H2,1-2H3,(H3,15,16). The lowest BCUT2D eigenvalue weighted by Gasteiger charge is -2.37. The maximum atomic E-state index is 7.65. The van der Waals surface area contributed by atoms with Crippen molar-refractivity contribution in [3.63, 3.8) is 0 Å². The Morgan fingerprint density at radius 1 is 1.53 bits per heavy atom. The molecule has 0 amide bonds. The van der Waals surface area contributed by atoms with E-state index in [4.69, 9.17) is 11.1 Å². The first-order chi connectivity index (χ1) is 9.13. The van der Waals surface area contributed by atoms with E-state index in [9.17, 15) is 0 Å². The summed E-state index contributed by atoms with van der Waals surface area (Å²) in [7, 11) is 2.06. The highest BCUT2D eigenvalue weighted by atomic mass is 15.2. The number of piperidine rings is 1. The largest absolute Gasteiger partial charge is 0.384 e. The van der Waals surface area contributed by atoms with E-state index in [1.807, 2.05) is 12.1 Å². The normalized spacial score (nSPS) is 17.4. The first kappa shape index (κ1) is 13.8. The minimum Gasteiger partial charge on any atom is -0.384 e. The molecule has 0 aromatic carbocycles. The minimum atomic E-state index is 0.0842. The number of likely N-dealkylation sites (tertiary alicyclic amines) is 1. The van der Waals surface area contributed by atoms with Gasteiger partial charge in [-0.25, -0.2) is 4.98 Å². The lowest BCUT2D eigenvalue weighted by molar-refractivity contribution is 0.220. The predicted octanol–water partition coefficient (Wildman–Crippen LogP) is 1.29. The van der Waals surface area contributed by atoms with Crippen LogP contribution < -0.4 is 10.6 Å². The molecule has 5 nitrogen and oxygen atoms in total. The van der Waals surface area contributed by atoms with Gasteiger partial charge in [0.05, 0.1) is 5.56 Å². The molecule has 1 fully saturated rings. The fraction of sp³-hybridized carbons (Fsp3) is 0.571. The summed E-state index contributed by atoms with van der Waals surface area (Å²) in [5, 5.41) is 7.65. The molecule has 5 heteroatoms. The van der Waals surface area contributed by atoms with Crippen molar-refractivity contribution in [2.75, 3.05) is 31.6 Å². The molecule has 3 N–H and O–H groups in total. The molecule has 1 saturated heterocycles. The van der Waals surface area contributed by atoms with E-state index in [0.29, 0.717) is 6.04 Å². The van der Waals surface area contributed by atoms with Crippen LogP contribution in [0.4, 0.5) is 5.82 Å². The molecule has 0 spiro atoms. The molecule has 0 radical (unpaired) electrons. The van der Waals surface area contributed by atoms with Crippen LogP contribution in [-0.2, 0) is 0 Å². The van der Waals surface area contributed by atoms with Gasteiger partial charge in [-0.05, 0) is 31.5 Å². The Balaban J connectivity index is 2.12. The maximum Gasteiger partial charge on any atom is 0.139 e. The van der Waals surface area contributed by atoms with E-state index in [0.717, 1.165) is 43.9 Å². The van der Waals surface area contributed by atoms with Crippen LogP contribution in [-0.4, -0.2) is 48.4 Å². The minimum absolute atomic E-state index is 0.0842. The number of anilines is 1. The molecule has 2 rings (SSSR count). The third-order valence-corrected chi connectivity index (χ3v) is 3.96. The number of rotatable bonds is 4. The van der Waals surface area contributed by atoms with E-state index in [2.05, 4.69) is 28.8 Å². The number of nitrogens with zero attached hydrogens (tertiary/aromatic N) is 3. The van der Waals surface area contributed by atoms with Crippen molar-refractivity contribution in [3.8, 4) is 0 Å². The molecule has 0 unspecified atom stereocenters. The number of amidine groups is 1. The summed E-state index contributed by atoms with van der Waals surface area (Å²) in [4.78, 5) is 9.06. The van der Waals surface area contributed by atoms with Gasteiger partial charge in [0, 0.05) is 32.4 Å². The number of pyridine rings is 1. The van der Waals surface area contributed by atoms with Gasteiger partial charge in [0.15, 0.2) is 0 Å². The van der Waals surface area contributed by atoms with Gasteiger partial charge < -0.3 is 15.5 Å². The zero-order valence-corrected chi connectivity index (χ0v) is 11.8. The van der Waals surface area contributed by atoms with Gasteiger partial charge in [0.2, 0.25) is 0 Å². The second kappa shape index (κ2) is 6.02.